The molecule has 2 heterocycles. The van der Waals surface area contributed by atoms with Crippen LogP contribution in [0.5, 0.6) is 11.5 Å². The van der Waals surface area contributed by atoms with Crippen LogP contribution in [0.4, 0.5) is 0 Å². The number of ether oxygens (including phenoxy) is 1. The van der Waals surface area contributed by atoms with Crippen molar-refractivity contribution in [1.29, 1.82) is 0 Å². The van der Waals surface area contributed by atoms with Crippen molar-refractivity contribution in [2.75, 3.05) is 0 Å². The van der Waals surface area contributed by atoms with Gasteiger partial charge >= 0.3 is 5.97 Å². The Hall–Kier alpha value is -2.28. The Morgan fingerprint density at radius 1 is 1.21 bits per heavy atom. The molecule has 5 rings (SSSR count). The smallest absolute Gasteiger partial charge is 0.326 e. The molecule has 2 aliphatic heterocycles. The Labute approximate surface area is 194 Å². The van der Waals surface area contributed by atoms with Gasteiger partial charge in [-0.25, -0.2) is 4.79 Å². The zero-order valence-electron chi connectivity index (χ0n) is 20.1. The van der Waals surface area contributed by atoms with Crippen LogP contribution in [0.3, 0.4) is 0 Å². The molecule has 0 saturated heterocycles. The molecule has 2 fully saturated rings. The predicted molar refractivity (Wildman–Crippen MR) is 121 cm³/mol. The first kappa shape index (κ1) is 22.5. The molecular formula is C26H35NO6. The Morgan fingerprint density at radius 2 is 1.91 bits per heavy atom. The predicted octanol–water partition coefficient (Wildman–Crippen LogP) is 3.73. The van der Waals surface area contributed by atoms with Gasteiger partial charge in [0.15, 0.2) is 0 Å². The number of aliphatic hydroxyl groups is 1. The topological polar surface area (TPSA) is 107 Å². The molecule has 1 amide bonds. The van der Waals surface area contributed by atoms with E-state index in [0.717, 1.165) is 24.8 Å². The first-order chi connectivity index (χ1) is 15.3. The number of hydrogen-bond donors (Lipinski definition) is 3. The number of phenols is 1. The lowest BCUT2D eigenvalue weighted by Crippen LogP contribution is -2.66. The lowest BCUT2D eigenvalue weighted by atomic mass is 9.43. The van der Waals surface area contributed by atoms with E-state index in [-0.39, 0.29) is 47.0 Å². The first-order valence-corrected chi connectivity index (χ1v) is 12.1. The molecule has 33 heavy (non-hydrogen) atoms. The fourth-order valence-electron chi connectivity index (χ4n) is 7.74. The van der Waals surface area contributed by atoms with Crippen LogP contribution in [0, 0.1) is 22.7 Å². The highest BCUT2D eigenvalue weighted by Crippen LogP contribution is 2.67. The summed E-state index contributed by atoms with van der Waals surface area (Å²) in [5.74, 6) is -0.333. The van der Waals surface area contributed by atoms with Crippen molar-refractivity contribution in [2.24, 2.45) is 22.7 Å². The molecule has 4 aliphatic rings. The van der Waals surface area contributed by atoms with Gasteiger partial charge < -0.3 is 25.0 Å². The average molecular weight is 458 g/mol. The van der Waals surface area contributed by atoms with Gasteiger partial charge in [-0.2, -0.15) is 0 Å². The van der Waals surface area contributed by atoms with Crippen LogP contribution in [-0.4, -0.2) is 49.8 Å². The van der Waals surface area contributed by atoms with E-state index < -0.39 is 17.6 Å². The molecule has 7 nitrogen and oxygen atoms in total. The number of carboxylic acids is 1. The first-order valence-electron chi connectivity index (χ1n) is 12.1. The molecule has 2 aliphatic carbocycles. The van der Waals surface area contributed by atoms with E-state index in [2.05, 4.69) is 27.7 Å². The number of aliphatic hydroxyl groups excluding tert-OH is 1. The second-order valence-corrected chi connectivity index (χ2v) is 11.7. The van der Waals surface area contributed by atoms with Crippen LogP contribution in [0.1, 0.15) is 81.8 Å². The second kappa shape index (κ2) is 6.87. The van der Waals surface area contributed by atoms with Crippen molar-refractivity contribution in [3.63, 3.8) is 0 Å². The van der Waals surface area contributed by atoms with Crippen LogP contribution in [0.2, 0.25) is 0 Å². The molecule has 0 bridgehead atoms. The number of carboxylic acid groups (broad SMARTS) is 1. The van der Waals surface area contributed by atoms with Gasteiger partial charge in [-0.15, -0.1) is 0 Å². The van der Waals surface area contributed by atoms with E-state index in [0.29, 0.717) is 29.7 Å². The van der Waals surface area contributed by atoms with Gasteiger partial charge in [0.2, 0.25) is 0 Å². The molecule has 6 atom stereocenters. The van der Waals surface area contributed by atoms with Crippen LogP contribution in [-0.2, 0) is 17.8 Å². The summed E-state index contributed by atoms with van der Waals surface area (Å²) in [6.07, 6.45) is 3.74. The van der Waals surface area contributed by atoms with Gasteiger partial charge in [0.25, 0.3) is 5.91 Å². The number of hydrogen-bond acceptors (Lipinski definition) is 5. The number of nitrogens with zero attached hydrogens (tertiary/aromatic N) is 1. The fourth-order valence-corrected chi connectivity index (χ4v) is 7.74. The van der Waals surface area contributed by atoms with E-state index in [9.17, 15) is 24.9 Å². The third-order valence-corrected chi connectivity index (χ3v) is 9.95. The zero-order chi connectivity index (χ0) is 24.1. The lowest BCUT2D eigenvalue weighted by Gasteiger charge is -2.64. The highest BCUT2D eigenvalue weighted by atomic mass is 16.5. The maximum Gasteiger partial charge on any atom is 0.326 e. The van der Waals surface area contributed by atoms with E-state index in [1.165, 1.54) is 17.9 Å². The Bertz CT molecular complexity index is 1050. The summed E-state index contributed by atoms with van der Waals surface area (Å²) in [7, 11) is 0. The number of aromatic hydroxyl groups is 1. The van der Waals surface area contributed by atoms with Crippen LogP contribution in [0.25, 0.3) is 0 Å². The quantitative estimate of drug-likeness (QED) is 0.625. The molecular weight excluding hydrogens is 422 g/mol. The molecule has 0 radical (unpaired) electrons. The number of amides is 1. The number of phenolic OH excluding ortho intramolecular Hbond substituents is 1. The summed E-state index contributed by atoms with van der Waals surface area (Å²) in [6, 6.07) is 0.532. The minimum atomic E-state index is -1.06. The van der Waals surface area contributed by atoms with Crippen LogP contribution < -0.4 is 4.74 Å². The van der Waals surface area contributed by atoms with Crippen molar-refractivity contribution in [3.8, 4) is 11.5 Å². The highest BCUT2D eigenvalue weighted by molar-refractivity contribution is 6.02. The third-order valence-electron chi connectivity index (χ3n) is 9.95. The maximum atomic E-state index is 13.0. The van der Waals surface area contributed by atoms with Gasteiger partial charge in [-0.3, -0.25) is 4.79 Å². The molecule has 0 unspecified atom stereocenters. The summed E-state index contributed by atoms with van der Waals surface area (Å²) in [5, 5.41) is 31.2. The fraction of sp³-hybridized carbons (Fsp3) is 0.692. The van der Waals surface area contributed by atoms with Crippen molar-refractivity contribution in [1.82, 2.24) is 4.90 Å². The van der Waals surface area contributed by atoms with Crippen LogP contribution in [0.15, 0.2) is 6.07 Å². The number of carbonyl (C=O) groups is 2. The number of benzene rings is 1. The molecule has 1 spiro atoms. The standard InChI is InChI=1S/C26H35NO6/c1-13-6-7-19-24(3,4)20(29)8-9-25(19,5)26(13)11-16-18(28)10-15-17(21(16)33-26)12-27(22(15)30)14(2)23(31)32/h10,13-14,19-20,28-29H,6-9,11-12H2,1-5H3,(H,31,32)/t13-,14+,19-,20-,25+,26+/m1/s1. The van der Waals surface area contributed by atoms with Gasteiger partial charge in [-0.05, 0) is 55.9 Å². The molecule has 180 valence electrons. The Kier molecular flexibility index (Phi) is 4.69. The minimum Gasteiger partial charge on any atom is -0.508 e. The zero-order valence-corrected chi connectivity index (χ0v) is 20.1. The third kappa shape index (κ3) is 2.71. The van der Waals surface area contributed by atoms with Crippen molar-refractivity contribution < 1.29 is 29.6 Å². The summed E-state index contributed by atoms with van der Waals surface area (Å²) in [4.78, 5) is 25.9. The average Bonchev–Trinajstić information content (AvgIpc) is 3.30. The summed E-state index contributed by atoms with van der Waals surface area (Å²) in [6.45, 7) is 10.5. The summed E-state index contributed by atoms with van der Waals surface area (Å²) in [5.41, 5.74) is 0.752. The van der Waals surface area contributed by atoms with E-state index in [4.69, 9.17) is 4.74 Å². The normalized spacial score (nSPS) is 37.3. The van der Waals surface area contributed by atoms with Crippen LogP contribution >= 0.6 is 0 Å². The minimum absolute atomic E-state index is 0.0480. The monoisotopic (exact) mass is 457 g/mol. The second-order valence-electron chi connectivity index (χ2n) is 11.7. The van der Waals surface area contributed by atoms with Gasteiger partial charge in [-0.1, -0.05) is 27.7 Å². The number of fused-ring (bicyclic) bond motifs is 5. The Morgan fingerprint density at radius 3 is 2.58 bits per heavy atom. The highest BCUT2D eigenvalue weighted by Gasteiger charge is 2.67. The molecule has 0 aromatic heterocycles. The molecule has 1 aromatic rings. The SMILES string of the molecule is C[C@@H]1CC[C@@H]2C(C)(C)[C@H](O)CC[C@]2(C)[C@]12Cc1c(O)cc3c(c1O2)CN([C@@H](C)C(=O)O)C3=O. The largest absolute Gasteiger partial charge is 0.508 e. The van der Waals surface area contributed by atoms with E-state index in [1.54, 1.807) is 0 Å². The van der Waals surface area contributed by atoms with Crippen molar-refractivity contribution >= 4 is 11.9 Å². The Balaban J connectivity index is 1.60. The van der Waals surface area contributed by atoms with Gasteiger partial charge in [0.1, 0.15) is 23.1 Å². The number of aliphatic carboxylic acids is 1. The summed E-state index contributed by atoms with van der Waals surface area (Å²) < 4.78 is 6.94. The number of carbonyl (C=O) groups excluding carboxylic acids is 1. The van der Waals surface area contributed by atoms with Gasteiger partial charge in [0.05, 0.1) is 18.2 Å². The lowest BCUT2D eigenvalue weighted by molar-refractivity contribution is -0.210. The van der Waals surface area contributed by atoms with E-state index in [1.807, 2.05) is 0 Å². The van der Waals surface area contributed by atoms with Gasteiger partial charge in [0, 0.05) is 23.0 Å². The van der Waals surface area contributed by atoms with Crippen molar-refractivity contribution in [3.05, 3.63) is 22.8 Å². The number of rotatable bonds is 2. The molecule has 1 aromatic carbocycles. The summed E-state index contributed by atoms with van der Waals surface area (Å²) >= 11 is 0. The maximum absolute atomic E-state index is 13.0. The molecule has 2 saturated carbocycles. The van der Waals surface area contributed by atoms with Crippen molar-refractivity contribution in [2.45, 2.75) is 91.0 Å². The van der Waals surface area contributed by atoms with E-state index >= 15 is 0 Å². The molecule has 7 heteroatoms. The molecule has 3 N–H and O–H groups in total.